The van der Waals surface area contributed by atoms with Crippen LogP contribution in [-0.4, -0.2) is 121 Å². The lowest BCUT2D eigenvalue weighted by Gasteiger charge is -2.29. The molecule has 0 rings (SSSR count). The van der Waals surface area contributed by atoms with E-state index in [1.807, 2.05) is 0 Å². The molecular weight excluding hydrogens is 514 g/mol. The number of carbonyl (C=O) groups is 4. The maximum absolute atomic E-state index is 11.9. The molecule has 0 N–H and O–H groups in total. The van der Waals surface area contributed by atoms with Crippen LogP contribution in [0.5, 0.6) is 0 Å². The van der Waals surface area contributed by atoms with Crippen molar-refractivity contribution < 1.29 is 52.3 Å². The third-order valence-electron chi connectivity index (χ3n) is 4.90. The summed E-state index contributed by atoms with van der Waals surface area (Å²) >= 11 is 0. The van der Waals surface area contributed by atoms with E-state index < -0.39 is 5.97 Å². The average Bonchev–Trinajstić information content (AvgIpc) is 2.84. The average molecular weight is 564 g/mol. The molecule has 0 heterocycles. The molecule has 0 aliphatic heterocycles. The van der Waals surface area contributed by atoms with Gasteiger partial charge in [0.2, 0.25) is 0 Å². The molecule has 0 saturated heterocycles. The number of Topliss-reactive ketones (excluding diaryl/α,β-unsaturated/α-hetero) is 1. The SMILES string of the molecule is COCCOC(=O)CCCOCCOCCCC(=O)COCC(=O)OCCN(CCOC(C)=O)CC(C)(C)C. The van der Waals surface area contributed by atoms with E-state index in [4.69, 9.17) is 33.2 Å². The first-order valence-electron chi connectivity index (χ1n) is 13.4. The Morgan fingerprint density at radius 3 is 1.82 bits per heavy atom. The molecule has 0 aromatic carbocycles. The van der Waals surface area contributed by atoms with Crippen LogP contribution in [0.1, 0.15) is 53.4 Å². The normalized spacial score (nSPS) is 11.4. The number of ether oxygens (including phenoxy) is 7. The number of esters is 3. The summed E-state index contributed by atoms with van der Waals surface area (Å²) in [5.41, 5.74) is 0.0331. The number of nitrogens with zero attached hydrogens (tertiary/aromatic N) is 1. The largest absolute Gasteiger partial charge is 0.465 e. The summed E-state index contributed by atoms with van der Waals surface area (Å²) in [6.07, 6.45) is 1.69. The van der Waals surface area contributed by atoms with E-state index in [1.165, 1.54) is 6.92 Å². The first-order chi connectivity index (χ1) is 18.5. The zero-order valence-electron chi connectivity index (χ0n) is 24.5. The second kappa shape index (κ2) is 23.7. The van der Waals surface area contributed by atoms with Crippen LogP contribution < -0.4 is 0 Å². The van der Waals surface area contributed by atoms with Gasteiger partial charge in [0.15, 0.2) is 5.78 Å². The molecule has 228 valence electrons. The second-order valence-electron chi connectivity index (χ2n) is 10.1. The standard InChI is InChI=1S/C27H49NO11/c1-23(29)37-14-10-28(22-27(2,3)4)11-15-38-26(32)21-36-20-24(30)8-6-12-34-17-18-35-13-7-9-25(31)39-19-16-33-5/h6-22H2,1-5H3. The molecule has 0 aromatic rings. The van der Waals surface area contributed by atoms with Gasteiger partial charge >= 0.3 is 17.9 Å². The Kier molecular flexibility index (Phi) is 22.5. The fourth-order valence-electron chi connectivity index (χ4n) is 3.23. The smallest absolute Gasteiger partial charge is 0.332 e. The van der Waals surface area contributed by atoms with E-state index in [1.54, 1.807) is 7.11 Å². The number of methoxy groups -OCH3 is 1. The van der Waals surface area contributed by atoms with Crippen LogP contribution in [0.25, 0.3) is 0 Å². The third-order valence-corrected chi connectivity index (χ3v) is 4.90. The number of rotatable bonds is 25. The van der Waals surface area contributed by atoms with Gasteiger partial charge in [0.05, 0.1) is 19.8 Å². The van der Waals surface area contributed by atoms with Crippen molar-refractivity contribution in [3.8, 4) is 0 Å². The van der Waals surface area contributed by atoms with Gasteiger partial charge in [-0.25, -0.2) is 4.79 Å². The second-order valence-corrected chi connectivity index (χ2v) is 10.1. The van der Waals surface area contributed by atoms with E-state index in [-0.39, 0.29) is 62.6 Å². The molecule has 0 atom stereocenters. The van der Waals surface area contributed by atoms with Gasteiger partial charge in [-0.15, -0.1) is 0 Å². The van der Waals surface area contributed by atoms with E-state index in [0.29, 0.717) is 65.4 Å². The van der Waals surface area contributed by atoms with Crippen molar-refractivity contribution in [3.05, 3.63) is 0 Å². The first-order valence-corrected chi connectivity index (χ1v) is 13.4. The van der Waals surface area contributed by atoms with Gasteiger partial charge < -0.3 is 33.2 Å². The Balaban J connectivity index is 3.72. The summed E-state index contributed by atoms with van der Waals surface area (Å²) in [6, 6.07) is 0. The minimum Gasteiger partial charge on any atom is -0.465 e. The quantitative estimate of drug-likeness (QED) is 0.0910. The highest BCUT2D eigenvalue weighted by Crippen LogP contribution is 2.14. The lowest BCUT2D eigenvalue weighted by Crippen LogP contribution is -2.38. The summed E-state index contributed by atoms with van der Waals surface area (Å²) < 4.78 is 35.9. The van der Waals surface area contributed by atoms with Gasteiger partial charge in [-0.05, 0) is 18.3 Å². The van der Waals surface area contributed by atoms with Crippen molar-refractivity contribution in [3.63, 3.8) is 0 Å². The molecule has 12 nitrogen and oxygen atoms in total. The van der Waals surface area contributed by atoms with Crippen LogP contribution >= 0.6 is 0 Å². The van der Waals surface area contributed by atoms with Crippen LogP contribution in [0.15, 0.2) is 0 Å². The summed E-state index contributed by atoms with van der Waals surface area (Å²) in [7, 11) is 1.54. The van der Waals surface area contributed by atoms with Crippen LogP contribution in [0.2, 0.25) is 0 Å². The predicted molar refractivity (Wildman–Crippen MR) is 142 cm³/mol. The topological polar surface area (TPSA) is 136 Å². The zero-order valence-corrected chi connectivity index (χ0v) is 24.5. The highest BCUT2D eigenvalue weighted by molar-refractivity contribution is 5.80. The fraction of sp³-hybridized carbons (Fsp3) is 0.852. The molecule has 39 heavy (non-hydrogen) atoms. The van der Waals surface area contributed by atoms with E-state index in [0.717, 1.165) is 6.54 Å². The summed E-state index contributed by atoms with van der Waals surface area (Å²) in [5.74, 6) is -1.26. The van der Waals surface area contributed by atoms with Gasteiger partial charge in [0.25, 0.3) is 0 Å². The molecular formula is C27H49NO11. The minimum atomic E-state index is -0.537. The van der Waals surface area contributed by atoms with Crippen molar-refractivity contribution >= 4 is 23.7 Å². The third kappa shape index (κ3) is 27.2. The van der Waals surface area contributed by atoms with Gasteiger partial charge in [-0.3, -0.25) is 19.3 Å². The number of hydrogen-bond donors (Lipinski definition) is 0. The summed E-state index contributed by atoms with van der Waals surface area (Å²) in [5, 5.41) is 0. The minimum absolute atomic E-state index is 0.0331. The molecule has 0 bridgehead atoms. The number of ketones is 1. The van der Waals surface area contributed by atoms with Gasteiger partial charge in [0.1, 0.15) is 33.0 Å². The van der Waals surface area contributed by atoms with Crippen molar-refractivity contribution in [2.45, 2.75) is 53.4 Å². The van der Waals surface area contributed by atoms with Crippen molar-refractivity contribution in [1.82, 2.24) is 4.90 Å². The fourth-order valence-corrected chi connectivity index (χ4v) is 3.23. The van der Waals surface area contributed by atoms with Crippen LogP contribution in [0, 0.1) is 5.41 Å². The summed E-state index contributed by atoms with van der Waals surface area (Å²) in [6.45, 7) is 11.7. The van der Waals surface area contributed by atoms with Crippen molar-refractivity contribution in [2.75, 3.05) is 92.8 Å². The number of hydrogen-bond acceptors (Lipinski definition) is 12. The Labute approximate surface area is 232 Å². The summed E-state index contributed by atoms with van der Waals surface area (Å²) in [4.78, 5) is 48.3. The maximum Gasteiger partial charge on any atom is 0.332 e. The van der Waals surface area contributed by atoms with E-state index in [9.17, 15) is 19.2 Å². The first kappa shape index (κ1) is 36.9. The molecule has 0 aliphatic rings. The molecule has 0 radical (unpaired) electrons. The monoisotopic (exact) mass is 563 g/mol. The molecule has 0 unspecified atom stereocenters. The van der Waals surface area contributed by atoms with E-state index >= 15 is 0 Å². The van der Waals surface area contributed by atoms with Gasteiger partial charge in [-0.1, -0.05) is 20.8 Å². The lowest BCUT2D eigenvalue weighted by molar-refractivity contribution is -0.150. The van der Waals surface area contributed by atoms with Gasteiger partial charge in [0, 0.05) is 59.7 Å². The van der Waals surface area contributed by atoms with Gasteiger partial charge in [-0.2, -0.15) is 0 Å². The zero-order chi connectivity index (χ0) is 29.4. The Morgan fingerprint density at radius 1 is 0.641 bits per heavy atom. The Bertz CT molecular complexity index is 679. The molecule has 0 aliphatic carbocycles. The van der Waals surface area contributed by atoms with Crippen molar-refractivity contribution in [1.29, 1.82) is 0 Å². The van der Waals surface area contributed by atoms with Crippen LogP contribution in [0.4, 0.5) is 0 Å². The van der Waals surface area contributed by atoms with Crippen LogP contribution in [0.3, 0.4) is 0 Å². The van der Waals surface area contributed by atoms with E-state index in [2.05, 4.69) is 25.7 Å². The molecule has 0 spiro atoms. The highest BCUT2D eigenvalue weighted by Gasteiger charge is 2.17. The molecule has 0 aromatic heterocycles. The van der Waals surface area contributed by atoms with Crippen molar-refractivity contribution in [2.24, 2.45) is 5.41 Å². The highest BCUT2D eigenvalue weighted by atomic mass is 16.6. The van der Waals surface area contributed by atoms with Crippen LogP contribution in [-0.2, 0) is 52.3 Å². The molecule has 0 amide bonds. The molecule has 0 saturated carbocycles. The maximum atomic E-state index is 11.9. The molecule has 0 fully saturated rings. The Hall–Kier alpha value is -2.12. The lowest BCUT2D eigenvalue weighted by atomic mass is 9.96. The predicted octanol–water partition coefficient (Wildman–Crippen LogP) is 1.81. The Morgan fingerprint density at radius 2 is 1.23 bits per heavy atom. The number of carbonyl (C=O) groups excluding carboxylic acids is 4. The molecule has 12 heteroatoms.